The first-order chi connectivity index (χ1) is 11.0. The highest BCUT2D eigenvalue weighted by Crippen LogP contribution is 2.18. The Morgan fingerprint density at radius 1 is 1.09 bits per heavy atom. The van der Waals surface area contributed by atoms with Crippen molar-refractivity contribution in [3.63, 3.8) is 0 Å². The molecule has 0 heterocycles. The summed E-state index contributed by atoms with van der Waals surface area (Å²) in [4.78, 5) is 23.0. The Morgan fingerprint density at radius 3 is 2.35 bits per heavy atom. The van der Waals surface area contributed by atoms with Gasteiger partial charge in [0.1, 0.15) is 0 Å². The van der Waals surface area contributed by atoms with Crippen molar-refractivity contribution >= 4 is 17.6 Å². The SMILES string of the molecule is Cc1ccccc1CCC(=O)Nc1ccc(C(C)C(=O)O)cc1. The number of rotatable bonds is 6. The molecule has 0 aromatic heterocycles. The number of carboxylic acid groups (broad SMARTS) is 1. The molecular formula is C19H21NO3. The zero-order valence-corrected chi connectivity index (χ0v) is 13.4. The molecule has 2 rings (SSSR count). The Labute approximate surface area is 136 Å². The summed E-state index contributed by atoms with van der Waals surface area (Å²) in [7, 11) is 0. The normalized spacial score (nSPS) is 11.7. The van der Waals surface area contributed by atoms with Crippen LogP contribution in [0.1, 0.15) is 36.0 Å². The van der Waals surface area contributed by atoms with Gasteiger partial charge in [0.2, 0.25) is 5.91 Å². The lowest BCUT2D eigenvalue weighted by atomic mass is 10.0. The van der Waals surface area contributed by atoms with Gasteiger partial charge in [-0.05, 0) is 49.1 Å². The van der Waals surface area contributed by atoms with Crippen LogP contribution in [0.25, 0.3) is 0 Å². The Morgan fingerprint density at radius 2 is 1.74 bits per heavy atom. The van der Waals surface area contributed by atoms with E-state index in [9.17, 15) is 9.59 Å². The van der Waals surface area contributed by atoms with Gasteiger partial charge in [-0.3, -0.25) is 9.59 Å². The van der Waals surface area contributed by atoms with E-state index in [1.165, 1.54) is 11.1 Å². The molecule has 2 N–H and O–H groups in total. The minimum Gasteiger partial charge on any atom is -0.481 e. The van der Waals surface area contributed by atoms with Gasteiger partial charge in [0.15, 0.2) is 0 Å². The van der Waals surface area contributed by atoms with Crippen molar-refractivity contribution in [1.29, 1.82) is 0 Å². The van der Waals surface area contributed by atoms with Gasteiger partial charge in [0.25, 0.3) is 0 Å². The average Bonchev–Trinajstić information content (AvgIpc) is 2.54. The Balaban J connectivity index is 1.90. The van der Waals surface area contributed by atoms with E-state index in [2.05, 4.69) is 5.32 Å². The van der Waals surface area contributed by atoms with E-state index >= 15 is 0 Å². The fourth-order valence-corrected chi connectivity index (χ4v) is 2.36. The van der Waals surface area contributed by atoms with Crippen LogP contribution in [0.2, 0.25) is 0 Å². The van der Waals surface area contributed by atoms with Crippen LogP contribution in [0, 0.1) is 6.92 Å². The number of carbonyl (C=O) groups excluding carboxylic acids is 1. The summed E-state index contributed by atoms with van der Waals surface area (Å²) in [6, 6.07) is 15.0. The molecule has 2 aromatic rings. The lowest BCUT2D eigenvalue weighted by molar-refractivity contribution is -0.138. The van der Waals surface area contributed by atoms with Gasteiger partial charge < -0.3 is 10.4 Å². The minimum absolute atomic E-state index is 0.0488. The maximum absolute atomic E-state index is 12.0. The van der Waals surface area contributed by atoms with Crippen molar-refractivity contribution in [2.24, 2.45) is 0 Å². The predicted octanol–water partition coefficient (Wildman–Crippen LogP) is 3.75. The van der Waals surface area contributed by atoms with Gasteiger partial charge in [-0.15, -0.1) is 0 Å². The first-order valence-electron chi connectivity index (χ1n) is 7.64. The third-order valence-electron chi connectivity index (χ3n) is 3.95. The molecule has 2 aromatic carbocycles. The second-order valence-corrected chi connectivity index (χ2v) is 5.66. The summed E-state index contributed by atoms with van der Waals surface area (Å²) in [6.07, 6.45) is 1.12. The lowest BCUT2D eigenvalue weighted by Gasteiger charge is -2.09. The van der Waals surface area contributed by atoms with Crippen LogP contribution < -0.4 is 5.32 Å². The summed E-state index contributed by atoms with van der Waals surface area (Å²) in [5, 5.41) is 11.8. The number of aryl methyl sites for hydroxylation is 2. The number of nitrogens with one attached hydrogen (secondary N) is 1. The lowest BCUT2D eigenvalue weighted by Crippen LogP contribution is -2.13. The van der Waals surface area contributed by atoms with E-state index in [0.717, 1.165) is 5.56 Å². The van der Waals surface area contributed by atoms with Crippen LogP contribution >= 0.6 is 0 Å². The fourth-order valence-electron chi connectivity index (χ4n) is 2.36. The van der Waals surface area contributed by atoms with E-state index in [0.29, 0.717) is 18.5 Å². The molecular weight excluding hydrogens is 290 g/mol. The molecule has 0 bridgehead atoms. The van der Waals surface area contributed by atoms with E-state index in [1.807, 2.05) is 31.2 Å². The number of amides is 1. The standard InChI is InChI=1S/C19H21NO3/c1-13-5-3-4-6-15(13)9-12-18(21)20-17-10-7-16(8-11-17)14(2)19(22)23/h3-8,10-11,14H,9,12H2,1-2H3,(H,20,21)(H,22,23). The molecule has 0 fully saturated rings. The molecule has 0 saturated heterocycles. The quantitative estimate of drug-likeness (QED) is 0.853. The number of benzene rings is 2. The van der Waals surface area contributed by atoms with Crippen molar-refractivity contribution in [2.45, 2.75) is 32.6 Å². The van der Waals surface area contributed by atoms with Gasteiger partial charge in [0.05, 0.1) is 5.92 Å². The minimum atomic E-state index is -0.861. The van der Waals surface area contributed by atoms with Crippen molar-refractivity contribution in [3.05, 3.63) is 65.2 Å². The van der Waals surface area contributed by atoms with Gasteiger partial charge in [-0.2, -0.15) is 0 Å². The zero-order chi connectivity index (χ0) is 16.8. The Bertz CT molecular complexity index is 692. The van der Waals surface area contributed by atoms with Crippen LogP contribution in [-0.4, -0.2) is 17.0 Å². The average molecular weight is 311 g/mol. The molecule has 4 nitrogen and oxygen atoms in total. The van der Waals surface area contributed by atoms with Crippen molar-refractivity contribution in [2.75, 3.05) is 5.32 Å². The number of anilines is 1. The molecule has 0 aliphatic heterocycles. The maximum atomic E-state index is 12.0. The topological polar surface area (TPSA) is 66.4 Å². The first-order valence-corrected chi connectivity index (χ1v) is 7.64. The Hall–Kier alpha value is -2.62. The molecule has 1 amide bonds. The number of hydrogen-bond donors (Lipinski definition) is 2. The summed E-state index contributed by atoms with van der Waals surface area (Å²) in [5.74, 6) is -1.46. The van der Waals surface area contributed by atoms with E-state index in [1.54, 1.807) is 31.2 Å². The molecule has 1 unspecified atom stereocenters. The van der Waals surface area contributed by atoms with Crippen molar-refractivity contribution < 1.29 is 14.7 Å². The van der Waals surface area contributed by atoms with Gasteiger partial charge in [-0.25, -0.2) is 0 Å². The summed E-state index contributed by atoms with van der Waals surface area (Å²) < 4.78 is 0. The third-order valence-corrected chi connectivity index (χ3v) is 3.95. The largest absolute Gasteiger partial charge is 0.481 e. The van der Waals surface area contributed by atoms with Crippen LogP contribution in [0.15, 0.2) is 48.5 Å². The highest BCUT2D eigenvalue weighted by atomic mass is 16.4. The molecule has 4 heteroatoms. The smallest absolute Gasteiger partial charge is 0.310 e. The molecule has 1 atom stereocenters. The number of carboxylic acids is 1. The molecule has 0 aliphatic carbocycles. The van der Waals surface area contributed by atoms with Crippen LogP contribution in [0.4, 0.5) is 5.69 Å². The van der Waals surface area contributed by atoms with E-state index < -0.39 is 11.9 Å². The second kappa shape index (κ2) is 7.58. The van der Waals surface area contributed by atoms with E-state index in [-0.39, 0.29) is 5.91 Å². The van der Waals surface area contributed by atoms with Crippen LogP contribution in [-0.2, 0) is 16.0 Å². The fraction of sp³-hybridized carbons (Fsp3) is 0.263. The molecule has 0 radical (unpaired) electrons. The van der Waals surface area contributed by atoms with Gasteiger partial charge in [-0.1, -0.05) is 36.4 Å². The summed E-state index contributed by atoms with van der Waals surface area (Å²) in [5.41, 5.74) is 3.76. The second-order valence-electron chi connectivity index (χ2n) is 5.66. The molecule has 0 aliphatic rings. The summed E-state index contributed by atoms with van der Waals surface area (Å²) >= 11 is 0. The van der Waals surface area contributed by atoms with Gasteiger partial charge in [0, 0.05) is 12.1 Å². The van der Waals surface area contributed by atoms with Crippen LogP contribution in [0.3, 0.4) is 0 Å². The molecule has 0 saturated carbocycles. The number of aliphatic carboxylic acids is 1. The zero-order valence-electron chi connectivity index (χ0n) is 13.4. The van der Waals surface area contributed by atoms with Gasteiger partial charge >= 0.3 is 5.97 Å². The highest BCUT2D eigenvalue weighted by molar-refractivity contribution is 5.91. The monoisotopic (exact) mass is 311 g/mol. The third kappa shape index (κ3) is 4.68. The number of hydrogen-bond acceptors (Lipinski definition) is 2. The van der Waals surface area contributed by atoms with Crippen molar-refractivity contribution in [3.8, 4) is 0 Å². The van der Waals surface area contributed by atoms with E-state index in [4.69, 9.17) is 5.11 Å². The molecule has 23 heavy (non-hydrogen) atoms. The van der Waals surface area contributed by atoms with Crippen molar-refractivity contribution in [1.82, 2.24) is 0 Å². The maximum Gasteiger partial charge on any atom is 0.310 e. The Kier molecular flexibility index (Phi) is 5.52. The number of carbonyl (C=O) groups is 2. The van der Waals surface area contributed by atoms with Crippen LogP contribution in [0.5, 0.6) is 0 Å². The summed E-state index contributed by atoms with van der Waals surface area (Å²) in [6.45, 7) is 3.67. The first kappa shape index (κ1) is 16.7. The molecule has 120 valence electrons. The molecule has 0 spiro atoms. The predicted molar refractivity (Wildman–Crippen MR) is 90.6 cm³/mol. The highest BCUT2D eigenvalue weighted by Gasteiger charge is 2.13.